The van der Waals surface area contributed by atoms with E-state index in [9.17, 15) is 10.2 Å². The maximum atomic E-state index is 9.57. The number of rotatable bonds is 2. The molecule has 4 rings (SSSR count). The van der Waals surface area contributed by atoms with Crippen LogP contribution in [0.3, 0.4) is 0 Å². The molecule has 0 aromatic rings. The molecule has 90 valence electrons. The van der Waals surface area contributed by atoms with Gasteiger partial charge in [-0.1, -0.05) is 0 Å². The molecule has 8 unspecified atom stereocenters. The van der Waals surface area contributed by atoms with Gasteiger partial charge in [0.1, 0.15) is 0 Å². The second kappa shape index (κ2) is 3.23. The van der Waals surface area contributed by atoms with E-state index in [4.69, 9.17) is 0 Å². The Morgan fingerprint density at radius 2 is 1.25 bits per heavy atom. The summed E-state index contributed by atoms with van der Waals surface area (Å²) in [5, 5.41) is 19.1. The average molecular weight is 222 g/mol. The standard InChI is InChI=1S/C14H22O2/c15-5-11-9-4-10(12(11)6-16)14-8-2-1-7(3-8)13(9)14/h7-16H,1-6H2. The van der Waals surface area contributed by atoms with Crippen LogP contribution in [-0.4, -0.2) is 23.4 Å². The fraction of sp³-hybridized carbons (Fsp3) is 1.00. The third kappa shape index (κ3) is 0.971. The van der Waals surface area contributed by atoms with Crippen LogP contribution < -0.4 is 0 Å². The molecule has 0 amide bonds. The monoisotopic (exact) mass is 222 g/mol. The molecule has 0 aliphatic heterocycles. The van der Waals surface area contributed by atoms with Crippen molar-refractivity contribution in [2.45, 2.75) is 25.7 Å². The summed E-state index contributed by atoms with van der Waals surface area (Å²) in [7, 11) is 0. The number of aliphatic hydroxyl groups is 2. The number of hydrogen-bond donors (Lipinski definition) is 2. The average Bonchev–Trinajstić information content (AvgIpc) is 3.03. The zero-order chi connectivity index (χ0) is 10.9. The fourth-order valence-corrected chi connectivity index (χ4v) is 6.38. The lowest BCUT2D eigenvalue weighted by Gasteiger charge is -2.42. The molecule has 0 heterocycles. The third-order valence-electron chi connectivity index (χ3n) is 6.65. The van der Waals surface area contributed by atoms with Crippen molar-refractivity contribution >= 4 is 0 Å². The molecular weight excluding hydrogens is 200 g/mol. The minimum Gasteiger partial charge on any atom is -0.396 e. The predicted octanol–water partition coefficient (Wildman–Crippen LogP) is 1.52. The maximum absolute atomic E-state index is 9.57. The van der Waals surface area contributed by atoms with Gasteiger partial charge in [0.25, 0.3) is 0 Å². The van der Waals surface area contributed by atoms with E-state index in [0.717, 1.165) is 35.5 Å². The molecule has 2 heteroatoms. The van der Waals surface area contributed by atoms with Crippen molar-refractivity contribution in [1.82, 2.24) is 0 Å². The summed E-state index contributed by atoms with van der Waals surface area (Å²) < 4.78 is 0. The highest BCUT2D eigenvalue weighted by Gasteiger charge is 2.64. The fourth-order valence-electron chi connectivity index (χ4n) is 6.38. The second-order valence-corrected chi connectivity index (χ2v) is 6.74. The lowest BCUT2D eigenvalue weighted by Crippen LogP contribution is -2.40. The normalized spacial score (nSPS) is 61.9. The zero-order valence-corrected chi connectivity index (χ0v) is 9.76. The highest BCUT2D eigenvalue weighted by Crippen LogP contribution is 2.70. The molecule has 2 nitrogen and oxygen atoms in total. The van der Waals surface area contributed by atoms with Crippen molar-refractivity contribution in [3.05, 3.63) is 0 Å². The molecule has 4 saturated carbocycles. The van der Waals surface area contributed by atoms with Gasteiger partial charge in [0.2, 0.25) is 0 Å². The predicted molar refractivity (Wildman–Crippen MR) is 60.6 cm³/mol. The Balaban J connectivity index is 1.68. The summed E-state index contributed by atoms with van der Waals surface area (Å²) in [5.74, 6) is 6.20. The van der Waals surface area contributed by atoms with Gasteiger partial charge in [0.15, 0.2) is 0 Å². The number of fused-ring (bicyclic) bond motifs is 9. The van der Waals surface area contributed by atoms with Gasteiger partial charge >= 0.3 is 0 Å². The van der Waals surface area contributed by atoms with E-state index in [1.807, 2.05) is 0 Å². The van der Waals surface area contributed by atoms with Crippen LogP contribution in [0.2, 0.25) is 0 Å². The van der Waals surface area contributed by atoms with Gasteiger partial charge in [-0.05, 0) is 73.0 Å². The first-order valence-electron chi connectivity index (χ1n) is 7.07. The molecule has 4 bridgehead atoms. The first-order valence-corrected chi connectivity index (χ1v) is 7.07. The molecule has 0 aromatic carbocycles. The molecule has 0 spiro atoms. The quantitative estimate of drug-likeness (QED) is 0.695. The van der Waals surface area contributed by atoms with Crippen LogP contribution in [-0.2, 0) is 0 Å². The van der Waals surface area contributed by atoms with E-state index in [0.29, 0.717) is 25.0 Å². The van der Waals surface area contributed by atoms with Gasteiger partial charge in [-0.3, -0.25) is 0 Å². The van der Waals surface area contributed by atoms with E-state index in [2.05, 4.69) is 0 Å². The van der Waals surface area contributed by atoms with Crippen LogP contribution in [0.25, 0.3) is 0 Å². The van der Waals surface area contributed by atoms with Gasteiger partial charge in [-0.2, -0.15) is 0 Å². The van der Waals surface area contributed by atoms with Crippen LogP contribution in [0.5, 0.6) is 0 Å². The first-order chi connectivity index (χ1) is 7.85. The number of aliphatic hydroxyl groups excluding tert-OH is 2. The lowest BCUT2D eigenvalue weighted by molar-refractivity contribution is 0.00173. The van der Waals surface area contributed by atoms with Crippen molar-refractivity contribution in [3.63, 3.8) is 0 Å². The van der Waals surface area contributed by atoms with Gasteiger partial charge < -0.3 is 10.2 Å². The van der Waals surface area contributed by atoms with Gasteiger partial charge in [0.05, 0.1) is 0 Å². The van der Waals surface area contributed by atoms with Crippen molar-refractivity contribution < 1.29 is 10.2 Å². The van der Waals surface area contributed by atoms with E-state index >= 15 is 0 Å². The van der Waals surface area contributed by atoms with E-state index in [1.54, 1.807) is 0 Å². The minimum absolute atomic E-state index is 0.312. The lowest BCUT2D eigenvalue weighted by atomic mass is 9.64. The van der Waals surface area contributed by atoms with Crippen molar-refractivity contribution in [3.8, 4) is 0 Å². The van der Waals surface area contributed by atoms with Crippen LogP contribution in [0.4, 0.5) is 0 Å². The molecule has 0 saturated heterocycles. The molecule has 4 aliphatic carbocycles. The Kier molecular flexibility index (Phi) is 2.00. The van der Waals surface area contributed by atoms with Crippen molar-refractivity contribution in [2.24, 2.45) is 47.3 Å². The van der Waals surface area contributed by atoms with Crippen LogP contribution in [0, 0.1) is 47.3 Å². The molecule has 4 aliphatic rings. The van der Waals surface area contributed by atoms with Crippen LogP contribution in [0.1, 0.15) is 25.7 Å². The highest BCUT2D eigenvalue weighted by atomic mass is 16.3. The van der Waals surface area contributed by atoms with Crippen LogP contribution in [0.15, 0.2) is 0 Å². The van der Waals surface area contributed by atoms with E-state index in [1.165, 1.54) is 25.7 Å². The highest BCUT2D eigenvalue weighted by molar-refractivity contribution is 5.13. The molecule has 4 fully saturated rings. The Morgan fingerprint density at radius 1 is 0.750 bits per heavy atom. The Bertz CT molecular complexity index is 275. The zero-order valence-electron chi connectivity index (χ0n) is 9.76. The molecule has 0 aromatic heterocycles. The van der Waals surface area contributed by atoms with Crippen molar-refractivity contribution in [2.75, 3.05) is 13.2 Å². The Hall–Kier alpha value is -0.0800. The summed E-state index contributed by atoms with van der Waals surface area (Å²) >= 11 is 0. The topological polar surface area (TPSA) is 40.5 Å². The molecule has 16 heavy (non-hydrogen) atoms. The van der Waals surface area contributed by atoms with Gasteiger partial charge in [-0.15, -0.1) is 0 Å². The summed E-state index contributed by atoms with van der Waals surface area (Å²) in [6.45, 7) is 0.625. The maximum Gasteiger partial charge on any atom is 0.0465 e. The first kappa shape index (κ1) is 9.90. The van der Waals surface area contributed by atoms with Gasteiger partial charge in [0, 0.05) is 13.2 Å². The molecule has 2 N–H and O–H groups in total. The molecule has 0 radical (unpaired) electrons. The summed E-state index contributed by atoms with van der Waals surface area (Å²) in [6.07, 6.45) is 5.70. The molecular formula is C14H22O2. The molecule has 8 atom stereocenters. The van der Waals surface area contributed by atoms with Crippen LogP contribution >= 0.6 is 0 Å². The minimum atomic E-state index is 0.312. The smallest absolute Gasteiger partial charge is 0.0465 e. The SMILES string of the molecule is OCC1C(CO)C2CC1C1C3CCC(C3)C21. The van der Waals surface area contributed by atoms with Gasteiger partial charge in [-0.25, -0.2) is 0 Å². The third-order valence-corrected chi connectivity index (χ3v) is 6.65. The summed E-state index contributed by atoms with van der Waals surface area (Å²) in [6, 6.07) is 0. The number of hydrogen-bond acceptors (Lipinski definition) is 2. The van der Waals surface area contributed by atoms with E-state index in [-0.39, 0.29) is 0 Å². The Labute approximate surface area is 97.0 Å². The summed E-state index contributed by atoms with van der Waals surface area (Å²) in [5.41, 5.74) is 0. The van der Waals surface area contributed by atoms with E-state index < -0.39 is 0 Å². The second-order valence-electron chi connectivity index (χ2n) is 6.74. The largest absolute Gasteiger partial charge is 0.396 e. The van der Waals surface area contributed by atoms with Crippen molar-refractivity contribution in [1.29, 1.82) is 0 Å². The Morgan fingerprint density at radius 3 is 1.69 bits per heavy atom. The summed E-state index contributed by atoms with van der Waals surface area (Å²) in [4.78, 5) is 0.